The molecule has 3 N–H and O–H groups in total. The number of amides is 1. The highest BCUT2D eigenvalue weighted by molar-refractivity contribution is 5.87. The van der Waals surface area contributed by atoms with E-state index in [2.05, 4.69) is 0 Å². The number of aliphatic carboxylic acids is 1. The zero-order chi connectivity index (χ0) is 15.6. The maximum absolute atomic E-state index is 12.6. The second kappa shape index (κ2) is 6.26. The summed E-state index contributed by atoms with van der Waals surface area (Å²) >= 11 is 0. The van der Waals surface area contributed by atoms with Crippen molar-refractivity contribution in [3.63, 3.8) is 0 Å². The van der Waals surface area contributed by atoms with E-state index in [0.717, 1.165) is 17.5 Å². The number of carbonyl (C=O) groups excluding carboxylic acids is 1. The maximum atomic E-state index is 12.6. The van der Waals surface area contributed by atoms with Crippen LogP contribution < -0.4 is 5.73 Å². The van der Waals surface area contributed by atoms with Crippen LogP contribution in [0.3, 0.4) is 0 Å². The van der Waals surface area contributed by atoms with Gasteiger partial charge in [-0.25, -0.2) is 4.79 Å². The molecule has 1 aliphatic heterocycles. The zero-order valence-corrected chi connectivity index (χ0v) is 12.5. The third kappa shape index (κ3) is 3.08. The van der Waals surface area contributed by atoms with Gasteiger partial charge >= 0.3 is 5.97 Å². The predicted molar refractivity (Wildman–Crippen MR) is 79.6 cm³/mol. The van der Waals surface area contributed by atoms with Gasteiger partial charge < -0.3 is 15.7 Å². The van der Waals surface area contributed by atoms with E-state index < -0.39 is 18.1 Å². The van der Waals surface area contributed by atoms with Crippen LogP contribution in [0.25, 0.3) is 0 Å². The predicted octanol–water partition coefficient (Wildman–Crippen LogP) is 1.40. The Morgan fingerprint density at radius 2 is 2.00 bits per heavy atom. The molecule has 5 heteroatoms. The first kappa shape index (κ1) is 15.5. The molecule has 0 bridgehead atoms. The summed E-state index contributed by atoms with van der Waals surface area (Å²) in [5.74, 6) is -1.22. The van der Waals surface area contributed by atoms with Crippen molar-refractivity contribution in [2.24, 2.45) is 11.7 Å². The summed E-state index contributed by atoms with van der Waals surface area (Å²) in [6, 6.07) is 6.16. The van der Waals surface area contributed by atoms with Gasteiger partial charge in [-0.15, -0.1) is 0 Å². The number of carbonyl (C=O) groups is 2. The van der Waals surface area contributed by atoms with Gasteiger partial charge in [0.2, 0.25) is 5.91 Å². The molecule has 1 aromatic carbocycles. The Balaban J connectivity index is 2.28. The van der Waals surface area contributed by atoms with Crippen LogP contribution in [0.4, 0.5) is 0 Å². The summed E-state index contributed by atoms with van der Waals surface area (Å²) in [6.07, 6.45) is 1.12. The number of carboxylic acid groups (broad SMARTS) is 1. The third-order valence-electron chi connectivity index (χ3n) is 4.36. The first-order valence-corrected chi connectivity index (χ1v) is 7.31. The van der Waals surface area contributed by atoms with Gasteiger partial charge in [-0.3, -0.25) is 4.79 Å². The molecule has 0 spiro atoms. The number of nitrogens with zero attached hydrogens (tertiary/aromatic N) is 1. The van der Waals surface area contributed by atoms with Gasteiger partial charge in [-0.2, -0.15) is 0 Å². The minimum Gasteiger partial charge on any atom is -0.480 e. The van der Waals surface area contributed by atoms with Gasteiger partial charge in [-0.05, 0) is 17.0 Å². The summed E-state index contributed by atoms with van der Waals surface area (Å²) in [4.78, 5) is 25.5. The molecule has 0 aliphatic carbocycles. The molecule has 21 heavy (non-hydrogen) atoms. The lowest BCUT2D eigenvalue weighted by Crippen LogP contribution is -2.55. The Morgan fingerprint density at radius 3 is 2.57 bits per heavy atom. The number of rotatable bonds is 4. The summed E-state index contributed by atoms with van der Waals surface area (Å²) < 4.78 is 0. The molecule has 3 atom stereocenters. The standard InChI is InChI=1S/C16H22N2O3/c1-3-10(2)14(17)15(19)18-9-12-7-5-4-6-11(12)8-13(18)16(20)21/h4-7,10,13-14H,3,8-9,17H2,1-2H3,(H,20,21)/t10?,13-,14?/m1/s1. The Kier molecular flexibility index (Phi) is 4.63. The van der Waals surface area contributed by atoms with Crippen molar-refractivity contribution in [2.45, 2.75) is 45.3 Å². The molecule has 0 aromatic heterocycles. The number of hydrogen-bond acceptors (Lipinski definition) is 3. The van der Waals surface area contributed by atoms with Crippen molar-refractivity contribution in [1.82, 2.24) is 4.90 Å². The molecule has 0 saturated carbocycles. The summed E-state index contributed by atoms with van der Waals surface area (Å²) in [7, 11) is 0. The Morgan fingerprint density at radius 1 is 1.38 bits per heavy atom. The number of carboxylic acids is 1. The van der Waals surface area contributed by atoms with Gasteiger partial charge in [0.05, 0.1) is 6.04 Å². The van der Waals surface area contributed by atoms with Crippen LogP contribution >= 0.6 is 0 Å². The average molecular weight is 290 g/mol. The SMILES string of the molecule is CCC(C)C(N)C(=O)N1Cc2ccccc2C[C@@H]1C(=O)O. The molecule has 1 aromatic rings. The van der Waals surface area contributed by atoms with Crippen LogP contribution in [0, 0.1) is 5.92 Å². The lowest BCUT2D eigenvalue weighted by atomic mass is 9.91. The van der Waals surface area contributed by atoms with E-state index in [1.807, 2.05) is 38.1 Å². The fourth-order valence-corrected chi connectivity index (χ4v) is 2.66. The minimum absolute atomic E-state index is 0.0316. The van der Waals surface area contributed by atoms with Crippen molar-refractivity contribution in [3.05, 3.63) is 35.4 Å². The number of benzene rings is 1. The van der Waals surface area contributed by atoms with Gasteiger partial charge in [0.15, 0.2) is 0 Å². The van der Waals surface area contributed by atoms with Crippen LogP contribution in [-0.2, 0) is 22.6 Å². The molecular weight excluding hydrogens is 268 g/mol. The van der Waals surface area contributed by atoms with Crippen molar-refractivity contribution < 1.29 is 14.7 Å². The fourth-order valence-electron chi connectivity index (χ4n) is 2.66. The zero-order valence-electron chi connectivity index (χ0n) is 12.5. The molecule has 2 unspecified atom stereocenters. The van der Waals surface area contributed by atoms with Crippen LogP contribution in [0.15, 0.2) is 24.3 Å². The molecular formula is C16H22N2O3. The van der Waals surface area contributed by atoms with Crippen LogP contribution in [0.1, 0.15) is 31.4 Å². The van der Waals surface area contributed by atoms with E-state index in [4.69, 9.17) is 5.73 Å². The molecule has 0 saturated heterocycles. The van der Waals surface area contributed by atoms with Crippen LogP contribution in [0.5, 0.6) is 0 Å². The largest absolute Gasteiger partial charge is 0.480 e. The molecule has 1 aliphatic rings. The van der Waals surface area contributed by atoms with Crippen molar-refractivity contribution >= 4 is 11.9 Å². The summed E-state index contributed by atoms with van der Waals surface area (Å²) in [6.45, 7) is 4.20. The highest BCUT2D eigenvalue weighted by Crippen LogP contribution is 2.25. The van der Waals surface area contributed by atoms with Gasteiger partial charge in [0, 0.05) is 13.0 Å². The smallest absolute Gasteiger partial charge is 0.326 e. The van der Waals surface area contributed by atoms with E-state index in [-0.39, 0.29) is 11.8 Å². The van der Waals surface area contributed by atoms with Gasteiger partial charge in [0.25, 0.3) is 0 Å². The summed E-state index contributed by atoms with van der Waals surface area (Å²) in [5, 5.41) is 9.43. The molecule has 0 fully saturated rings. The molecule has 0 radical (unpaired) electrons. The Hall–Kier alpha value is -1.88. The lowest BCUT2D eigenvalue weighted by Gasteiger charge is -2.36. The van der Waals surface area contributed by atoms with Crippen LogP contribution in [0.2, 0.25) is 0 Å². The number of hydrogen-bond donors (Lipinski definition) is 2. The normalized spacial score (nSPS) is 20.5. The highest BCUT2D eigenvalue weighted by Gasteiger charge is 2.37. The fraction of sp³-hybridized carbons (Fsp3) is 0.500. The topological polar surface area (TPSA) is 83.6 Å². The maximum Gasteiger partial charge on any atom is 0.326 e. The molecule has 2 rings (SSSR count). The molecule has 114 valence electrons. The first-order valence-electron chi connectivity index (χ1n) is 7.31. The Labute approximate surface area is 124 Å². The van der Waals surface area contributed by atoms with Crippen molar-refractivity contribution in [1.29, 1.82) is 0 Å². The third-order valence-corrected chi connectivity index (χ3v) is 4.36. The highest BCUT2D eigenvalue weighted by atomic mass is 16.4. The van der Waals surface area contributed by atoms with Gasteiger partial charge in [0.1, 0.15) is 6.04 Å². The van der Waals surface area contributed by atoms with Crippen molar-refractivity contribution in [2.75, 3.05) is 0 Å². The Bertz CT molecular complexity index is 544. The van der Waals surface area contributed by atoms with E-state index in [0.29, 0.717) is 13.0 Å². The van der Waals surface area contributed by atoms with Gasteiger partial charge in [-0.1, -0.05) is 44.5 Å². The van der Waals surface area contributed by atoms with Crippen LogP contribution in [-0.4, -0.2) is 34.0 Å². The quantitative estimate of drug-likeness (QED) is 0.878. The first-order chi connectivity index (χ1) is 9.95. The molecule has 5 nitrogen and oxygen atoms in total. The second-order valence-corrected chi connectivity index (χ2v) is 5.70. The monoisotopic (exact) mass is 290 g/mol. The van der Waals surface area contributed by atoms with E-state index in [1.165, 1.54) is 4.90 Å². The van der Waals surface area contributed by atoms with E-state index in [9.17, 15) is 14.7 Å². The van der Waals surface area contributed by atoms with Crippen molar-refractivity contribution in [3.8, 4) is 0 Å². The second-order valence-electron chi connectivity index (χ2n) is 5.70. The number of nitrogens with two attached hydrogens (primary N) is 1. The number of fused-ring (bicyclic) bond motifs is 1. The lowest BCUT2D eigenvalue weighted by molar-refractivity contribution is -0.152. The minimum atomic E-state index is -0.978. The molecule has 1 amide bonds. The summed E-state index contributed by atoms with van der Waals surface area (Å²) in [5.41, 5.74) is 7.99. The van der Waals surface area contributed by atoms with E-state index in [1.54, 1.807) is 0 Å². The average Bonchev–Trinajstić information content (AvgIpc) is 2.51. The van der Waals surface area contributed by atoms with E-state index >= 15 is 0 Å². The molecule has 1 heterocycles.